The molecule has 2 aliphatic rings. The van der Waals surface area contributed by atoms with Gasteiger partial charge in [-0.05, 0) is 42.5 Å². The number of piperidine rings is 1. The van der Waals surface area contributed by atoms with Gasteiger partial charge in [0.1, 0.15) is 5.75 Å². The molecular weight excluding hydrogens is 469 g/mol. The second-order valence-corrected chi connectivity index (χ2v) is 9.44. The van der Waals surface area contributed by atoms with Crippen LogP contribution in [0, 0.1) is 11.8 Å². The summed E-state index contributed by atoms with van der Waals surface area (Å²) in [6.07, 6.45) is -0.205. The van der Waals surface area contributed by atoms with Crippen molar-refractivity contribution < 1.29 is 27.4 Å². The van der Waals surface area contributed by atoms with Gasteiger partial charge in [-0.3, -0.25) is 4.79 Å². The van der Waals surface area contributed by atoms with E-state index in [1.165, 1.54) is 12.1 Å². The number of rotatable bonds is 6. The number of amides is 1. The van der Waals surface area contributed by atoms with Crippen molar-refractivity contribution in [3.63, 3.8) is 0 Å². The van der Waals surface area contributed by atoms with E-state index < -0.39 is 6.36 Å². The number of carbonyl (C=O) groups is 1. The molecule has 1 saturated heterocycles. The van der Waals surface area contributed by atoms with Gasteiger partial charge in [-0.15, -0.1) is 13.2 Å². The van der Waals surface area contributed by atoms with E-state index >= 15 is 0 Å². The lowest BCUT2D eigenvalue weighted by Gasteiger charge is -2.39. The van der Waals surface area contributed by atoms with Crippen LogP contribution in [-0.2, 0) is 9.53 Å². The van der Waals surface area contributed by atoms with Crippen LogP contribution in [0.25, 0.3) is 5.70 Å². The minimum Gasteiger partial charge on any atom is -0.484 e. The Hall–Kier alpha value is -3.29. The van der Waals surface area contributed by atoms with Crippen molar-refractivity contribution in [1.82, 2.24) is 4.90 Å². The second-order valence-electron chi connectivity index (χ2n) is 9.44. The zero-order valence-corrected chi connectivity index (χ0v) is 20.3. The number of methoxy groups -OCH3 is 1. The first-order chi connectivity index (χ1) is 17.2. The summed E-state index contributed by atoms with van der Waals surface area (Å²) >= 11 is 0. The van der Waals surface area contributed by atoms with Gasteiger partial charge < -0.3 is 14.4 Å². The number of halogens is 3. The third kappa shape index (κ3) is 6.47. The van der Waals surface area contributed by atoms with Gasteiger partial charge in [0.2, 0.25) is 5.91 Å². The largest absolute Gasteiger partial charge is 0.573 e. The molecule has 2 aromatic carbocycles. The number of carbonyl (C=O) groups excluding carboxylic acids is 1. The molecule has 0 radical (unpaired) electrons. The Morgan fingerprint density at radius 2 is 1.67 bits per heavy atom. The fraction of sp³-hybridized carbons (Fsp3) is 0.429. The number of ether oxygens (including phenoxy) is 2. The minimum absolute atomic E-state index is 0.0224. The fourth-order valence-corrected chi connectivity index (χ4v) is 5.20. The number of hydrogen-bond acceptors (Lipinski definition) is 4. The summed E-state index contributed by atoms with van der Waals surface area (Å²) in [5, 5.41) is 0. The van der Waals surface area contributed by atoms with Crippen LogP contribution in [0.4, 0.5) is 13.2 Å². The molecule has 0 aromatic heterocycles. The summed E-state index contributed by atoms with van der Waals surface area (Å²) in [4.78, 5) is 19.9. The molecule has 2 unspecified atom stereocenters. The highest BCUT2D eigenvalue weighted by Crippen LogP contribution is 2.36. The maximum absolute atomic E-state index is 13.4. The number of nitrogens with zero attached hydrogens (tertiary/aromatic N) is 2. The Kier molecular flexibility index (Phi) is 8.01. The van der Waals surface area contributed by atoms with Crippen molar-refractivity contribution in [2.24, 2.45) is 16.8 Å². The first kappa shape index (κ1) is 25.8. The Bertz CT molecular complexity index is 1080. The lowest BCUT2D eigenvalue weighted by molar-refractivity contribution is -0.274. The van der Waals surface area contributed by atoms with Crippen LogP contribution >= 0.6 is 0 Å². The lowest BCUT2D eigenvalue weighted by atomic mass is 9.83. The summed E-state index contributed by atoms with van der Waals surface area (Å²) < 4.78 is 47.5. The average Bonchev–Trinajstić information content (AvgIpc) is 3.41. The number of aliphatic imine (C=N–C) groups is 1. The molecule has 1 amide bonds. The monoisotopic (exact) mass is 500 g/mol. The van der Waals surface area contributed by atoms with Crippen LogP contribution in [0.5, 0.6) is 5.75 Å². The molecule has 192 valence electrons. The first-order valence-corrected chi connectivity index (χ1v) is 12.2. The van der Waals surface area contributed by atoms with E-state index in [0.717, 1.165) is 36.8 Å². The van der Waals surface area contributed by atoms with Crippen LogP contribution in [0.1, 0.15) is 49.1 Å². The van der Waals surface area contributed by atoms with E-state index in [1.54, 1.807) is 19.2 Å². The van der Waals surface area contributed by atoms with E-state index in [4.69, 9.17) is 4.74 Å². The maximum Gasteiger partial charge on any atom is 0.573 e. The van der Waals surface area contributed by atoms with Gasteiger partial charge in [0, 0.05) is 24.9 Å². The molecular formula is C28H31F3N2O3. The fourth-order valence-electron chi connectivity index (χ4n) is 5.20. The second kappa shape index (κ2) is 11.2. The standard InChI is InChI=1S/C28H31F3N2O3/c1-19(20-8-4-3-5-9-20)32-26(35-2)24-16-23(17-33(18-24)27(34)22-10-6-7-11-22)21-12-14-25(15-13-21)36-28(29,30)31/h3-5,8-9,12-15,22-24H,1,6-7,10-11,16-18H2,2H3. The molecule has 0 spiro atoms. The highest BCUT2D eigenvalue weighted by molar-refractivity contribution is 5.86. The van der Waals surface area contributed by atoms with Crippen LogP contribution in [0.3, 0.4) is 0 Å². The molecule has 2 atom stereocenters. The van der Waals surface area contributed by atoms with Crippen LogP contribution in [0.2, 0.25) is 0 Å². The van der Waals surface area contributed by atoms with Gasteiger partial charge in [-0.1, -0.05) is 61.9 Å². The molecule has 1 heterocycles. The average molecular weight is 501 g/mol. The number of alkyl halides is 3. The number of hydrogen-bond donors (Lipinski definition) is 0. The zero-order valence-electron chi connectivity index (χ0n) is 20.3. The summed E-state index contributed by atoms with van der Waals surface area (Å²) in [5.41, 5.74) is 2.28. The zero-order chi connectivity index (χ0) is 25.7. The molecule has 2 aromatic rings. The van der Waals surface area contributed by atoms with E-state index in [-0.39, 0.29) is 29.4 Å². The molecule has 0 bridgehead atoms. The van der Waals surface area contributed by atoms with Crippen molar-refractivity contribution in [2.75, 3.05) is 20.2 Å². The lowest BCUT2D eigenvalue weighted by Crippen LogP contribution is -2.47. The van der Waals surface area contributed by atoms with Crippen molar-refractivity contribution in [3.05, 3.63) is 72.3 Å². The highest BCUT2D eigenvalue weighted by Gasteiger charge is 2.37. The predicted molar refractivity (Wildman–Crippen MR) is 132 cm³/mol. The summed E-state index contributed by atoms with van der Waals surface area (Å²) in [6.45, 7) is 5.07. The third-order valence-electron chi connectivity index (χ3n) is 6.96. The SMILES string of the molecule is C=C(N=C(OC)C1CC(c2ccc(OC(F)(F)F)cc2)CN(C(=O)C2CCCC2)C1)c1ccccc1. The van der Waals surface area contributed by atoms with Crippen LogP contribution in [-0.4, -0.2) is 43.3 Å². The van der Waals surface area contributed by atoms with E-state index in [9.17, 15) is 18.0 Å². The van der Waals surface area contributed by atoms with Crippen LogP contribution in [0.15, 0.2) is 66.2 Å². The molecule has 1 aliphatic carbocycles. The van der Waals surface area contributed by atoms with Crippen molar-refractivity contribution in [3.8, 4) is 5.75 Å². The number of benzene rings is 2. The summed E-state index contributed by atoms with van der Waals surface area (Å²) in [5.74, 6) is 0.126. The Morgan fingerprint density at radius 1 is 1.00 bits per heavy atom. The minimum atomic E-state index is -4.74. The van der Waals surface area contributed by atoms with Crippen molar-refractivity contribution >= 4 is 17.5 Å². The normalized spacial score (nSPS) is 21.3. The summed E-state index contributed by atoms with van der Waals surface area (Å²) in [6, 6.07) is 15.5. The van der Waals surface area contributed by atoms with Gasteiger partial charge in [0.25, 0.3) is 0 Å². The Balaban J connectivity index is 1.59. The highest BCUT2D eigenvalue weighted by atomic mass is 19.4. The molecule has 1 saturated carbocycles. The smallest absolute Gasteiger partial charge is 0.484 e. The van der Waals surface area contributed by atoms with Gasteiger partial charge >= 0.3 is 6.36 Å². The van der Waals surface area contributed by atoms with Crippen LogP contribution < -0.4 is 4.74 Å². The predicted octanol–water partition coefficient (Wildman–Crippen LogP) is 6.42. The molecule has 2 fully saturated rings. The molecule has 5 nitrogen and oxygen atoms in total. The Labute approximate surface area is 209 Å². The van der Waals surface area contributed by atoms with Crippen molar-refractivity contribution in [1.29, 1.82) is 0 Å². The molecule has 36 heavy (non-hydrogen) atoms. The maximum atomic E-state index is 13.4. The van der Waals surface area contributed by atoms with Gasteiger partial charge in [-0.25, -0.2) is 4.99 Å². The topological polar surface area (TPSA) is 51.1 Å². The van der Waals surface area contributed by atoms with Gasteiger partial charge in [0.15, 0.2) is 5.90 Å². The quantitative estimate of drug-likeness (QED) is 0.340. The van der Waals surface area contributed by atoms with Gasteiger partial charge in [-0.2, -0.15) is 0 Å². The number of likely N-dealkylation sites (tertiary alicyclic amines) is 1. The third-order valence-corrected chi connectivity index (χ3v) is 6.96. The van der Waals surface area contributed by atoms with Crippen molar-refractivity contribution in [2.45, 2.75) is 44.4 Å². The van der Waals surface area contributed by atoms with E-state index in [0.29, 0.717) is 31.1 Å². The summed E-state index contributed by atoms with van der Waals surface area (Å²) in [7, 11) is 1.56. The van der Waals surface area contributed by atoms with Gasteiger partial charge in [0.05, 0.1) is 18.7 Å². The molecule has 1 aliphatic heterocycles. The Morgan fingerprint density at radius 3 is 2.28 bits per heavy atom. The first-order valence-electron chi connectivity index (χ1n) is 12.2. The molecule has 8 heteroatoms. The van der Waals surface area contributed by atoms with E-state index in [2.05, 4.69) is 16.3 Å². The molecule has 0 N–H and O–H groups in total. The van der Waals surface area contributed by atoms with E-state index in [1.807, 2.05) is 35.2 Å². The molecule has 4 rings (SSSR count).